The van der Waals surface area contributed by atoms with Crippen molar-refractivity contribution in [3.05, 3.63) is 24.3 Å². The molecule has 0 radical (unpaired) electrons. The van der Waals surface area contributed by atoms with Gasteiger partial charge in [0.25, 0.3) is 0 Å². The first-order valence-corrected chi connectivity index (χ1v) is 9.12. The number of nitrogens with zero attached hydrogens (tertiary/aromatic N) is 2. The molecule has 1 aliphatic heterocycles. The van der Waals surface area contributed by atoms with Gasteiger partial charge in [-0.05, 0) is 43.5 Å². The van der Waals surface area contributed by atoms with Crippen LogP contribution in [0.4, 0.5) is 10.8 Å². The molecule has 1 N–H and O–H groups in total. The number of hydrogen-bond donors (Lipinski definition) is 1. The zero-order chi connectivity index (χ0) is 15.2. The van der Waals surface area contributed by atoms with E-state index in [1.165, 1.54) is 12.8 Å². The number of ether oxygens (including phenoxy) is 2. The Labute approximate surface area is 138 Å². The monoisotopic (exact) mass is 337 g/mol. The Morgan fingerprint density at radius 1 is 1.32 bits per heavy atom. The van der Waals surface area contributed by atoms with Gasteiger partial charge < -0.3 is 14.8 Å². The van der Waals surface area contributed by atoms with Crippen molar-refractivity contribution in [1.82, 2.24) is 10.2 Å². The van der Waals surface area contributed by atoms with Crippen LogP contribution in [0.25, 0.3) is 0 Å². The molecule has 0 unspecified atom stereocenters. The lowest BCUT2D eigenvalue weighted by molar-refractivity contribution is 0.0315. The van der Waals surface area contributed by atoms with Crippen molar-refractivity contribution in [2.45, 2.75) is 29.7 Å². The van der Waals surface area contributed by atoms with Gasteiger partial charge in [0.2, 0.25) is 5.13 Å². The lowest BCUT2D eigenvalue weighted by atomic mass is 10.1. The molecule has 0 spiro atoms. The summed E-state index contributed by atoms with van der Waals surface area (Å²) in [5, 5.41) is 12.5. The van der Waals surface area contributed by atoms with E-state index in [4.69, 9.17) is 9.47 Å². The molecule has 2 heterocycles. The number of methoxy groups -OCH3 is 1. The smallest absolute Gasteiger partial charge is 0.210 e. The first-order valence-electron chi connectivity index (χ1n) is 7.32. The summed E-state index contributed by atoms with van der Waals surface area (Å²) in [6.07, 6.45) is 3.98. The Balaban J connectivity index is 1.51. The molecule has 7 heteroatoms. The number of thioether (sulfide) groups is 1. The number of anilines is 2. The highest BCUT2D eigenvalue weighted by Gasteiger charge is 2.15. The molecule has 1 aliphatic rings. The zero-order valence-electron chi connectivity index (χ0n) is 12.4. The average Bonchev–Trinajstić information content (AvgIpc) is 3.02. The molecule has 5 nitrogen and oxygen atoms in total. The van der Waals surface area contributed by atoms with Gasteiger partial charge in [0.15, 0.2) is 4.34 Å². The van der Waals surface area contributed by atoms with Gasteiger partial charge in [0.1, 0.15) is 5.75 Å². The van der Waals surface area contributed by atoms with Gasteiger partial charge in [0.05, 0.1) is 13.2 Å². The number of rotatable bonds is 6. The van der Waals surface area contributed by atoms with Crippen LogP contribution in [0.1, 0.15) is 19.3 Å². The van der Waals surface area contributed by atoms with Crippen molar-refractivity contribution in [3.8, 4) is 5.75 Å². The molecule has 118 valence electrons. The fraction of sp³-hybridized carbons (Fsp3) is 0.467. The van der Waals surface area contributed by atoms with Gasteiger partial charge in [-0.1, -0.05) is 23.1 Å². The third-order valence-corrected chi connectivity index (χ3v) is 5.52. The van der Waals surface area contributed by atoms with Crippen LogP contribution in [0.3, 0.4) is 0 Å². The molecule has 0 amide bonds. The topological polar surface area (TPSA) is 56.3 Å². The van der Waals surface area contributed by atoms with E-state index >= 15 is 0 Å². The third kappa shape index (κ3) is 4.34. The van der Waals surface area contributed by atoms with Crippen LogP contribution < -0.4 is 10.1 Å². The maximum atomic E-state index is 5.73. The van der Waals surface area contributed by atoms with Crippen molar-refractivity contribution in [3.63, 3.8) is 0 Å². The second-order valence-electron chi connectivity index (χ2n) is 5.03. The molecule has 1 atom stereocenters. The molecule has 22 heavy (non-hydrogen) atoms. The Morgan fingerprint density at radius 2 is 2.18 bits per heavy atom. The Morgan fingerprint density at radius 3 is 2.91 bits per heavy atom. The fourth-order valence-corrected chi connectivity index (χ4v) is 4.08. The van der Waals surface area contributed by atoms with Gasteiger partial charge in [-0.3, -0.25) is 0 Å². The van der Waals surface area contributed by atoms with Crippen molar-refractivity contribution in [2.75, 3.05) is 24.8 Å². The minimum atomic E-state index is 0.362. The Hall–Kier alpha value is -1.31. The molecular weight excluding hydrogens is 318 g/mol. The van der Waals surface area contributed by atoms with Gasteiger partial charge >= 0.3 is 0 Å². The first-order chi connectivity index (χ1) is 10.8. The van der Waals surface area contributed by atoms with Crippen LogP contribution in [0.2, 0.25) is 0 Å². The minimum Gasteiger partial charge on any atom is -0.497 e. The highest BCUT2D eigenvalue weighted by molar-refractivity contribution is 8.01. The second-order valence-corrected chi connectivity index (χ2v) is 7.27. The third-order valence-electron chi connectivity index (χ3n) is 3.41. The van der Waals surface area contributed by atoms with Crippen molar-refractivity contribution < 1.29 is 9.47 Å². The molecule has 0 aliphatic carbocycles. The summed E-state index contributed by atoms with van der Waals surface area (Å²) in [7, 11) is 1.66. The molecule has 1 fully saturated rings. The summed E-state index contributed by atoms with van der Waals surface area (Å²) >= 11 is 3.29. The molecule has 0 bridgehead atoms. The minimum absolute atomic E-state index is 0.362. The molecular formula is C15H19N3O2S2. The predicted molar refractivity (Wildman–Crippen MR) is 90.5 cm³/mol. The van der Waals surface area contributed by atoms with Crippen LogP contribution in [0, 0.1) is 0 Å². The van der Waals surface area contributed by atoms with E-state index in [1.807, 2.05) is 24.3 Å². The maximum absolute atomic E-state index is 5.73. The van der Waals surface area contributed by atoms with Gasteiger partial charge in [-0.25, -0.2) is 0 Å². The summed E-state index contributed by atoms with van der Waals surface area (Å²) in [5.41, 5.74) is 0.976. The predicted octanol–water partition coefficient (Wildman–Crippen LogP) is 3.95. The highest BCUT2D eigenvalue weighted by atomic mass is 32.2. The van der Waals surface area contributed by atoms with Crippen LogP contribution in [-0.4, -0.2) is 35.8 Å². The van der Waals surface area contributed by atoms with Crippen molar-refractivity contribution in [2.24, 2.45) is 0 Å². The number of aromatic nitrogens is 2. The van der Waals surface area contributed by atoms with Gasteiger partial charge in [-0.15, -0.1) is 10.2 Å². The summed E-state index contributed by atoms with van der Waals surface area (Å²) in [4.78, 5) is 0. The van der Waals surface area contributed by atoms with Gasteiger partial charge in [0, 0.05) is 18.0 Å². The number of hydrogen-bond acceptors (Lipinski definition) is 7. The first kappa shape index (κ1) is 15.6. The highest BCUT2D eigenvalue weighted by Crippen LogP contribution is 2.30. The zero-order valence-corrected chi connectivity index (χ0v) is 14.1. The quantitative estimate of drug-likeness (QED) is 0.806. The standard InChI is InChI=1S/C15H19N3O2S2/c1-19-12-7-5-11(6-8-12)16-14-17-18-15(22-14)21-10-13-4-2-3-9-20-13/h5-8,13H,2-4,9-10H2,1H3,(H,16,17)/t13-/m1/s1. The van der Waals surface area contributed by atoms with E-state index in [9.17, 15) is 0 Å². The summed E-state index contributed by atoms with van der Waals surface area (Å²) in [6, 6.07) is 7.75. The maximum Gasteiger partial charge on any atom is 0.210 e. The molecule has 0 saturated carbocycles. The van der Waals surface area contributed by atoms with E-state index in [0.29, 0.717) is 6.10 Å². The van der Waals surface area contributed by atoms with E-state index in [1.54, 1.807) is 30.2 Å². The second kappa shape index (κ2) is 7.80. The van der Waals surface area contributed by atoms with Crippen LogP contribution in [0.15, 0.2) is 28.6 Å². The largest absolute Gasteiger partial charge is 0.497 e. The molecule has 3 rings (SSSR count). The Bertz CT molecular complexity index is 583. The molecule has 1 saturated heterocycles. The van der Waals surface area contributed by atoms with E-state index < -0.39 is 0 Å². The van der Waals surface area contributed by atoms with Crippen LogP contribution in [0.5, 0.6) is 5.75 Å². The lowest BCUT2D eigenvalue weighted by Crippen LogP contribution is -2.21. The molecule has 1 aromatic heterocycles. The lowest BCUT2D eigenvalue weighted by Gasteiger charge is -2.21. The number of benzene rings is 1. The van der Waals surface area contributed by atoms with Gasteiger partial charge in [-0.2, -0.15) is 0 Å². The van der Waals surface area contributed by atoms with Crippen LogP contribution >= 0.6 is 23.1 Å². The SMILES string of the molecule is COc1ccc(Nc2nnc(SC[C@H]3CCCCO3)s2)cc1. The molecule has 2 aromatic rings. The summed E-state index contributed by atoms with van der Waals surface area (Å²) in [5.74, 6) is 1.79. The van der Waals surface area contributed by atoms with E-state index in [-0.39, 0.29) is 0 Å². The normalized spacial score (nSPS) is 18.1. The summed E-state index contributed by atoms with van der Waals surface area (Å²) in [6.45, 7) is 0.894. The fourth-order valence-electron chi connectivity index (χ4n) is 2.22. The van der Waals surface area contributed by atoms with Crippen LogP contribution in [-0.2, 0) is 4.74 Å². The Kier molecular flexibility index (Phi) is 5.53. The van der Waals surface area contributed by atoms with Crippen molar-refractivity contribution >= 4 is 33.9 Å². The molecule has 1 aromatic carbocycles. The average molecular weight is 337 g/mol. The van der Waals surface area contributed by atoms with Crippen molar-refractivity contribution in [1.29, 1.82) is 0 Å². The van der Waals surface area contributed by atoms with E-state index in [0.717, 1.165) is 39.7 Å². The summed E-state index contributed by atoms with van der Waals surface area (Å²) < 4.78 is 11.9. The number of nitrogens with one attached hydrogen (secondary N) is 1. The van der Waals surface area contributed by atoms with E-state index in [2.05, 4.69) is 15.5 Å².